The number of para-hydroxylation sites is 1. The van der Waals surface area contributed by atoms with Crippen molar-refractivity contribution in [1.29, 1.82) is 0 Å². The third-order valence-electron chi connectivity index (χ3n) is 5.98. The number of nitrogens with two attached hydrogens (primary N) is 1. The Hall–Kier alpha value is -3.58. The predicted molar refractivity (Wildman–Crippen MR) is 114 cm³/mol. The molecule has 1 atom stereocenters. The van der Waals surface area contributed by atoms with E-state index in [-0.39, 0.29) is 11.4 Å². The molecule has 0 aliphatic carbocycles. The molecule has 30 heavy (non-hydrogen) atoms. The van der Waals surface area contributed by atoms with E-state index < -0.39 is 17.3 Å². The number of benzene rings is 2. The summed E-state index contributed by atoms with van der Waals surface area (Å²) in [6, 6.07) is 13.2. The number of hydrogen-bond donors (Lipinski definition) is 4. The topological polar surface area (TPSA) is 107 Å². The summed E-state index contributed by atoms with van der Waals surface area (Å²) in [6.45, 7) is 4.62. The minimum atomic E-state index is -0.652. The molecule has 2 aromatic carbocycles. The molecular weight excluding hydrogens is 380 g/mol. The van der Waals surface area contributed by atoms with Crippen LogP contribution in [0.15, 0.2) is 52.1 Å². The number of hydrogen-bond acceptors (Lipinski definition) is 3. The summed E-state index contributed by atoms with van der Waals surface area (Å²) in [7, 11) is 0. The van der Waals surface area contributed by atoms with E-state index in [0.29, 0.717) is 5.69 Å². The van der Waals surface area contributed by atoms with E-state index in [1.54, 1.807) is 6.07 Å². The first-order chi connectivity index (χ1) is 14.5. The molecule has 2 aromatic heterocycles. The third kappa shape index (κ3) is 2.70. The number of aromatic hydroxyl groups is 1. The summed E-state index contributed by atoms with van der Waals surface area (Å²) >= 11 is 0. The first-order valence-electron chi connectivity index (χ1n) is 10.0. The standard InChI is InChI=1S/C23H22N4O3/c1-12-7-8-17(13(2)11-12)27-22(29)18(21(28)26-23(27)30)20-19-15(9-10-24-20)14-5-3-4-6-16(14)25-19/h3-8,11,20,24-25,29H,9-10H2,1-2H3,(H,26,28,30)/p+1/t20-/m1/s1. The number of quaternary nitrogens is 1. The zero-order valence-electron chi connectivity index (χ0n) is 16.8. The summed E-state index contributed by atoms with van der Waals surface area (Å²) in [5.41, 5.74) is 4.46. The van der Waals surface area contributed by atoms with E-state index in [1.165, 1.54) is 4.57 Å². The van der Waals surface area contributed by atoms with Gasteiger partial charge in [-0.15, -0.1) is 0 Å². The van der Waals surface area contributed by atoms with Crippen LogP contribution in [0.1, 0.15) is 34.0 Å². The van der Waals surface area contributed by atoms with Gasteiger partial charge in [-0.1, -0.05) is 35.9 Å². The van der Waals surface area contributed by atoms with E-state index in [1.807, 2.05) is 49.5 Å². The van der Waals surface area contributed by atoms with E-state index in [9.17, 15) is 14.7 Å². The van der Waals surface area contributed by atoms with Gasteiger partial charge >= 0.3 is 5.69 Å². The van der Waals surface area contributed by atoms with Crippen LogP contribution in [0, 0.1) is 13.8 Å². The molecule has 0 radical (unpaired) electrons. The Bertz CT molecular complexity index is 1410. The lowest BCUT2D eigenvalue weighted by Gasteiger charge is -2.22. The maximum absolute atomic E-state index is 12.8. The van der Waals surface area contributed by atoms with Crippen molar-refractivity contribution in [1.82, 2.24) is 14.5 Å². The maximum atomic E-state index is 12.8. The SMILES string of the molecule is Cc1ccc(-n2c(O)c([C@H]3[NH2+]CCc4c3[nH]c3ccccc43)c(=O)[nH]c2=O)c(C)c1. The van der Waals surface area contributed by atoms with Crippen molar-refractivity contribution in [2.45, 2.75) is 26.3 Å². The molecule has 5 N–H and O–H groups in total. The second-order valence-electron chi connectivity index (χ2n) is 7.94. The molecule has 5 rings (SSSR count). The Labute approximate surface area is 172 Å². The largest absolute Gasteiger partial charge is 0.494 e. The Morgan fingerprint density at radius 2 is 1.90 bits per heavy atom. The number of aryl methyl sites for hydroxylation is 2. The Morgan fingerprint density at radius 3 is 2.70 bits per heavy atom. The van der Waals surface area contributed by atoms with E-state index in [4.69, 9.17) is 0 Å². The van der Waals surface area contributed by atoms with Gasteiger partial charge in [0.05, 0.1) is 17.9 Å². The number of aromatic amines is 2. The minimum Gasteiger partial charge on any atom is -0.494 e. The van der Waals surface area contributed by atoms with Crippen LogP contribution >= 0.6 is 0 Å². The van der Waals surface area contributed by atoms with Crippen LogP contribution in [0.5, 0.6) is 5.88 Å². The van der Waals surface area contributed by atoms with Crippen LogP contribution in [0.2, 0.25) is 0 Å². The van der Waals surface area contributed by atoms with Crippen LogP contribution in [0.4, 0.5) is 0 Å². The highest BCUT2D eigenvalue weighted by molar-refractivity contribution is 5.85. The number of H-pyrrole nitrogens is 2. The molecule has 0 saturated heterocycles. The van der Waals surface area contributed by atoms with Crippen LogP contribution in [-0.2, 0) is 6.42 Å². The number of nitrogens with one attached hydrogen (secondary N) is 2. The van der Waals surface area contributed by atoms with Gasteiger partial charge in [0.25, 0.3) is 5.56 Å². The molecule has 1 aliphatic rings. The third-order valence-corrected chi connectivity index (χ3v) is 5.98. The van der Waals surface area contributed by atoms with Crippen LogP contribution in [0.25, 0.3) is 16.6 Å². The molecule has 7 heteroatoms. The Balaban J connectivity index is 1.76. The summed E-state index contributed by atoms with van der Waals surface area (Å²) < 4.78 is 1.19. The van der Waals surface area contributed by atoms with Crippen LogP contribution in [-0.4, -0.2) is 26.2 Å². The van der Waals surface area contributed by atoms with Crippen molar-refractivity contribution in [3.8, 4) is 11.6 Å². The zero-order valence-corrected chi connectivity index (χ0v) is 16.8. The number of nitrogens with zero attached hydrogens (tertiary/aromatic N) is 1. The fourth-order valence-electron chi connectivity index (χ4n) is 4.63. The summed E-state index contributed by atoms with van der Waals surface area (Å²) in [5.74, 6) is -0.316. The zero-order chi connectivity index (χ0) is 21.0. The van der Waals surface area contributed by atoms with Gasteiger partial charge in [0.2, 0.25) is 5.88 Å². The molecule has 0 spiro atoms. The molecule has 0 unspecified atom stereocenters. The smallest absolute Gasteiger partial charge is 0.335 e. The number of fused-ring (bicyclic) bond motifs is 3. The van der Waals surface area contributed by atoms with Gasteiger partial charge in [0, 0.05) is 17.3 Å². The van der Waals surface area contributed by atoms with E-state index >= 15 is 0 Å². The van der Waals surface area contributed by atoms with Gasteiger partial charge in [0.15, 0.2) is 6.04 Å². The van der Waals surface area contributed by atoms with Crippen molar-refractivity contribution in [3.63, 3.8) is 0 Å². The fraction of sp³-hybridized carbons (Fsp3) is 0.217. The van der Waals surface area contributed by atoms with Crippen LogP contribution in [0.3, 0.4) is 0 Å². The van der Waals surface area contributed by atoms with Crippen molar-refractivity contribution in [2.75, 3.05) is 6.54 Å². The second-order valence-corrected chi connectivity index (χ2v) is 7.94. The summed E-state index contributed by atoms with van der Waals surface area (Å²) in [5, 5.41) is 14.3. The molecule has 152 valence electrons. The number of aromatic nitrogens is 3. The molecule has 0 amide bonds. The van der Waals surface area contributed by atoms with Crippen LogP contribution < -0.4 is 16.6 Å². The average molecular weight is 403 g/mol. The van der Waals surface area contributed by atoms with Gasteiger partial charge in [-0.25, -0.2) is 9.36 Å². The average Bonchev–Trinajstić information content (AvgIpc) is 3.09. The lowest BCUT2D eigenvalue weighted by atomic mass is 9.95. The van der Waals surface area contributed by atoms with E-state index in [2.05, 4.69) is 16.0 Å². The first-order valence-corrected chi connectivity index (χ1v) is 10.0. The minimum absolute atomic E-state index is 0.182. The quantitative estimate of drug-likeness (QED) is 0.408. The number of rotatable bonds is 2. The van der Waals surface area contributed by atoms with Gasteiger partial charge in [0.1, 0.15) is 5.56 Å². The molecule has 0 saturated carbocycles. The second kappa shape index (κ2) is 6.74. The highest BCUT2D eigenvalue weighted by Crippen LogP contribution is 2.32. The molecule has 4 aromatic rings. The molecule has 0 fully saturated rings. The Morgan fingerprint density at radius 1 is 1.10 bits per heavy atom. The lowest BCUT2D eigenvalue weighted by molar-refractivity contribution is -0.690. The van der Waals surface area contributed by atoms with Crippen molar-refractivity contribution >= 4 is 10.9 Å². The molecule has 1 aliphatic heterocycles. The monoisotopic (exact) mass is 403 g/mol. The van der Waals surface area contributed by atoms with E-state index in [0.717, 1.165) is 46.3 Å². The lowest BCUT2D eigenvalue weighted by Crippen LogP contribution is -2.87. The van der Waals surface area contributed by atoms with Gasteiger partial charge in [-0.2, -0.15) is 0 Å². The summed E-state index contributed by atoms with van der Waals surface area (Å²) in [4.78, 5) is 31.3. The van der Waals surface area contributed by atoms with Crippen molar-refractivity contribution in [2.24, 2.45) is 0 Å². The highest BCUT2D eigenvalue weighted by Gasteiger charge is 2.34. The fourth-order valence-corrected chi connectivity index (χ4v) is 4.63. The predicted octanol–water partition coefficient (Wildman–Crippen LogP) is 1.54. The highest BCUT2D eigenvalue weighted by atomic mass is 16.3. The van der Waals surface area contributed by atoms with Gasteiger partial charge in [-0.05, 0) is 37.1 Å². The summed E-state index contributed by atoms with van der Waals surface area (Å²) in [6.07, 6.45) is 0.866. The normalized spacial score (nSPS) is 16.0. The van der Waals surface area contributed by atoms with Gasteiger partial charge < -0.3 is 15.4 Å². The van der Waals surface area contributed by atoms with Crippen molar-refractivity contribution in [3.05, 3.63) is 91.3 Å². The van der Waals surface area contributed by atoms with Gasteiger partial charge in [-0.3, -0.25) is 9.78 Å². The Kier molecular flexibility index (Phi) is 4.15. The molecule has 7 nitrogen and oxygen atoms in total. The first kappa shape index (κ1) is 18.4. The maximum Gasteiger partial charge on any atom is 0.335 e. The van der Waals surface area contributed by atoms with Crippen molar-refractivity contribution < 1.29 is 10.4 Å². The molecule has 3 heterocycles. The molecular formula is C23H23N4O3+. The molecule has 0 bridgehead atoms.